The van der Waals surface area contributed by atoms with E-state index < -0.39 is 0 Å². The molecule has 1 aromatic rings. The molecule has 2 atom stereocenters. The minimum atomic E-state index is 0.221. The van der Waals surface area contributed by atoms with Crippen molar-refractivity contribution in [2.75, 3.05) is 19.8 Å². The lowest BCUT2D eigenvalue weighted by molar-refractivity contribution is 0.177. The zero-order chi connectivity index (χ0) is 13.7. The molecule has 1 N–H and O–H groups in total. The predicted octanol–water partition coefficient (Wildman–Crippen LogP) is 3.16. The van der Waals surface area contributed by atoms with Gasteiger partial charge in [-0.1, -0.05) is 19.1 Å². The smallest absolute Gasteiger partial charge is 0.119 e. The van der Waals surface area contributed by atoms with Crippen molar-refractivity contribution in [3.05, 3.63) is 29.8 Å². The van der Waals surface area contributed by atoms with Gasteiger partial charge in [0.1, 0.15) is 5.75 Å². The Hall–Kier alpha value is -1.06. The summed E-state index contributed by atoms with van der Waals surface area (Å²) in [5.41, 5.74) is 1.33. The van der Waals surface area contributed by atoms with Crippen molar-refractivity contribution in [1.82, 2.24) is 5.32 Å². The first-order valence-corrected chi connectivity index (χ1v) is 7.28. The molecule has 1 aliphatic heterocycles. The van der Waals surface area contributed by atoms with Crippen LogP contribution in [0.4, 0.5) is 0 Å². The fourth-order valence-electron chi connectivity index (χ4n) is 2.62. The topological polar surface area (TPSA) is 30.5 Å². The molecule has 3 nitrogen and oxygen atoms in total. The van der Waals surface area contributed by atoms with Crippen molar-refractivity contribution in [2.24, 2.45) is 5.92 Å². The van der Waals surface area contributed by atoms with Crippen molar-refractivity contribution in [2.45, 2.75) is 39.3 Å². The molecule has 0 spiro atoms. The highest BCUT2D eigenvalue weighted by atomic mass is 16.5. The Bertz CT molecular complexity index is 369. The lowest BCUT2D eigenvalue weighted by Crippen LogP contribution is -2.28. The maximum atomic E-state index is 5.69. The van der Waals surface area contributed by atoms with E-state index in [0.29, 0.717) is 12.0 Å². The molecule has 0 amide bonds. The van der Waals surface area contributed by atoms with E-state index in [-0.39, 0.29) is 6.10 Å². The minimum Gasteiger partial charge on any atom is -0.491 e. The maximum absolute atomic E-state index is 5.69. The molecule has 1 fully saturated rings. The first-order valence-electron chi connectivity index (χ1n) is 7.28. The van der Waals surface area contributed by atoms with E-state index in [1.807, 2.05) is 13.8 Å². The first kappa shape index (κ1) is 14.4. The van der Waals surface area contributed by atoms with Gasteiger partial charge in [-0.15, -0.1) is 0 Å². The minimum absolute atomic E-state index is 0.221. The highest BCUT2D eigenvalue weighted by Gasteiger charge is 2.26. The van der Waals surface area contributed by atoms with Crippen LogP contribution in [0.15, 0.2) is 24.3 Å². The normalized spacial score (nSPS) is 20.7. The Kier molecular flexibility index (Phi) is 5.23. The molecular weight excluding hydrogens is 238 g/mol. The Morgan fingerprint density at radius 2 is 2.05 bits per heavy atom. The van der Waals surface area contributed by atoms with Crippen molar-refractivity contribution in [1.29, 1.82) is 0 Å². The number of hydrogen-bond acceptors (Lipinski definition) is 3. The molecule has 0 radical (unpaired) electrons. The first-order chi connectivity index (χ1) is 9.20. The van der Waals surface area contributed by atoms with Gasteiger partial charge in [-0.2, -0.15) is 0 Å². The lowest BCUT2D eigenvalue weighted by Gasteiger charge is -2.24. The van der Waals surface area contributed by atoms with Gasteiger partial charge in [0.25, 0.3) is 0 Å². The summed E-state index contributed by atoms with van der Waals surface area (Å²) in [5, 5.41) is 3.58. The van der Waals surface area contributed by atoms with Crippen LogP contribution >= 0.6 is 0 Å². The third-order valence-corrected chi connectivity index (χ3v) is 3.47. The summed E-state index contributed by atoms with van der Waals surface area (Å²) < 4.78 is 11.2. The number of ether oxygens (including phenoxy) is 2. The number of benzene rings is 1. The van der Waals surface area contributed by atoms with Gasteiger partial charge in [0.05, 0.1) is 12.7 Å². The third-order valence-electron chi connectivity index (χ3n) is 3.47. The molecule has 1 saturated heterocycles. The molecule has 2 unspecified atom stereocenters. The van der Waals surface area contributed by atoms with Gasteiger partial charge in [-0.25, -0.2) is 0 Å². The molecule has 19 heavy (non-hydrogen) atoms. The summed E-state index contributed by atoms with van der Waals surface area (Å²) in [6.45, 7) is 8.98. The molecule has 1 aliphatic rings. The second-order valence-electron chi connectivity index (χ2n) is 5.39. The van der Waals surface area contributed by atoms with Crippen molar-refractivity contribution < 1.29 is 9.47 Å². The SMILES string of the molecule is CCNC(c1ccc(OC(C)C)cc1)C1CCOC1. The van der Waals surface area contributed by atoms with E-state index in [9.17, 15) is 0 Å². The zero-order valence-corrected chi connectivity index (χ0v) is 12.2. The van der Waals surface area contributed by atoms with Crippen molar-refractivity contribution >= 4 is 0 Å². The largest absolute Gasteiger partial charge is 0.491 e. The fourth-order valence-corrected chi connectivity index (χ4v) is 2.62. The van der Waals surface area contributed by atoms with Gasteiger partial charge in [0.15, 0.2) is 0 Å². The summed E-state index contributed by atoms with van der Waals surface area (Å²) in [7, 11) is 0. The van der Waals surface area contributed by atoms with Crippen LogP contribution in [0.3, 0.4) is 0 Å². The fraction of sp³-hybridized carbons (Fsp3) is 0.625. The van der Waals surface area contributed by atoms with E-state index in [1.165, 1.54) is 5.56 Å². The highest BCUT2D eigenvalue weighted by molar-refractivity contribution is 5.29. The Balaban J connectivity index is 2.08. The van der Waals surface area contributed by atoms with Crippen LogP contribution in [0.2, 0.25) is 0 Å². The van der Waals surface area contributed by atoms with E-state index in [4.69, 9.17) is 9.47 Å². The van der Waals surface area contributed by atoms with Crippen LogP contribution < -0.4 is 10.1 Å². The average Bonchev–Trinajstić information content (AvgIpc) is 2.90. The Morgan fingerprint density at radius 3 is 2.58 bits per heavy atom. The second-order valence-corrected chi connectivity index (χ2v) is 5.39. The third kappa shape index (κ3) is 3.95. The van der Waals surface area contributed by atoms with Crippen LogP contribution in [0.1, 0.15) is 38.8 Å². The summed E-state index contributed by atoms with van der Waals surface area (Å²) in [6.07, 6.45) is 1.36. The van der Waals surface area contributed by atoms with Gasteiger partial charge in [-0.05, 0) is 44.5 Å². The molecule has 2 rings (SSSR count). The van der Waals surface area contributed by atoms with Crippen LogP contribution in [0, 0.1) is 5.92 Å². The van der Waals surface area contributed by atoms with Crippen LogP contribution in [0.5, 0.6) is 5.75 Å². The highest BCUT2D eigenvalue weighted by Crippen LogP contribution is 2.29. The standard InChI is InChI=1S/C16H25NO2/c1-4-17-16(14-9-10-18-11-14)13-5-7-15(8-6-13)19-12(2)3/h5-8,12,14,16-17H,4,9-11H2,1-3H3. The zero-order valence-electron chi connectivity index (χ0n) is 12.2. The molecule has 106 valence electrons. The van der Waals surface area contributed by atoms with E-state index in [0.717, 1.165) is 31.9 Å². The van der Waals surface area contributed by atoms with E-state index in [2.05, 4.69) is 36.5 Å². The second kappa shape index (κ2) is 6.92. The summed E-state index contributed by atoms with van der Waals surface area (Å²) in [6, 6.07) is 8.86. The van der Waals surface area contributed by atoms with E-state index >= 15 is 0 Å². The van der Waals surface area contributed by atoms with Crippen LogP contribution in [0.25, 0.3) is 0 Å². The van der Waals surface area contributed by atoms with Gasteiger partial charge in [0, 0.05) is 18.6 Å². The summed E-state index contributed by atoms with van der Waals surface area (Å²) in [4.78, 5) is 0. The van der Waals surface area contributed by atoms with Crippen molar-refractivity contribution in [3.8, 4) is 5.75 Å². The molecule has 0 aromatic heterocycles. The van der Waals surface area contributed by atoms with Crippen LogP contribution in [-0.4, -0.2) is 25.9 Å². The van der Waals surface area contributed by atoms with Gasteiger partial charge >= 0.3 is 0 Å². The Morgan fingerprint density at radius 1 is 1.32 bits per heavy atom. The van der Waals surface area contributed by atoms with Gasteiger partial charge in [-0.3, -0.25) is 0 Å². The quantitative estimate of drug-likeness (QED) is 0.855. The molecule has 1 aromatic carbocycles. The molecule has 0 saturated carbocycles. The molecular formula is C16H25NO2. The molecule has 0 aliphatic carbocycles. The molecule has 1 heterocycles. The molecule has 0 bridgehead atoms. The number of nitrogens with one attached hydrogen (secondary N) is 1. The average molecular weight is 263 g/mol. The predicted molar refractivity (Wildman–Crippen MR) is 77.5 cm³/mol. The number of rotatable bonds is 6. The lowest BCUT2D eigenvalue weighted by atomic mass is 9.92. The van der Waals surface area contributed by atoms with Crippen molar-refractivity contribution in [3.63, 3.8) is 0 Å². The van der Waals surface area contributed by atoms with Gasteiger partial charge in [0.2, 0.25) is 0 Å². The summed E-state index contributed by atoms with van der Waals surface area (Å²) in [5.74, 6) is 1.52. The Labute approximate surface area is 116 Å². The monoisotopic (exact) mass is 263 g/mol. The number of hydrogen-bond donors (Lipinski definition) is 1. The van der Waals surface area contributed by atoms with Gasteiger partial charge < -0.3 is 14.8 Å². The molecule has 3 heteroatoms. The van der Waals surface area contributed by atoms with E-state index in [1.54, 1.807) is 0 Å². The van der Waals surface area contributed by atoms with Crippen LogP contribution in [-0.2, 0) is 4.74 Å². The maximum Gasteiger partial charge on any atom is 0.119 e. The summed E-state index contributed by atoms with van der Waals surface area (Å²) >= 11 is 0.